The van der Waals surface area contributed by atoms with E-state index < -0.39 is 0 Å². The third kappa shape index (κ3) is 3.60. The van der Waals surface area contributed by atoms with Crippen molar-refractivity contribution in [1.29, 1.82) is 0 Å². The van der Waals surface area contributed by atoms with Crippen molar-refractivity contribution in [2.45, 2.75) is 36.9 Å². The van der Waals surface area contributed by atoms with Crippen LogP contribution in [0.2, 0.25) is 5.02 Å². The van der Waals surface area contributed by atoms with Crippen molar-refractivity contribution >= 4 is 35.1 Å². The zero-order chi connectivity index (χ0) is 13.1. The normalized spacial score (nSPS) is 26.0. The lowest BCUT2D eigenvalue weighted by atomic mass is 10.0. The topological polar surface area (TPSA) is 20.2 Å². The van der Waals surface area contributed by atoms with Crippen molar-refractivity contribution in [3.63, 3.8) is 0 Å². The second kappa shape index (κ2) is 6.56. The summed E-state index contributed by atoms with van der Waals surface area (Å²) in [6.07, 6.45) is 0.347. The molecule has 0 bridgehead atoms. The van der Waals surface area contributed by atoms with Crippen molar-refractivity contribution in [2.75, 3.05) is 11.5 Å². The molecule has 2 rings (SSSR count). The molecule has 1 saturated heterocycles. The average molecular weight is 303 g/mol. The predicted octanol–water partition coefficient (Wildman–Crippen LogP) is 3.79. The minimum absolute atomic E-state index is 0.307. The summed E-state index contributed by atoms with van der Waals surface area (Å²) in [5.41, 5.74) is 2.22. The molecule has 0 aromatic heterocycles. The Bertz CT molecular complexity index is 411. The van der Waals surface area contributed by atoms with Crippen LogP contribution in [0.15, 0.2) is 18.2 Å². The Morgan fingerprint density at radius 1 is 1.39 bits per heavy atom. The molecule has 4 heteroatoms. The van der Waals surface area contributed by atoms with E-state index in [1.807, 2.05) is 42.6 Å². The summed E-state index contributed by atoms with van der Waals surface area (Å²) in [5, 5.41) is 12.0. The summed E-state index contributed by atoms with van der Waals surface area (Å²) in [7, 11) is 0. The van der Waals surface area contributed by atoms with Crippen LogP contribution in [0.25, 0.3) is 0 Å². The van der Waals surface area contributed by atoms with Gasteiger partial charge in [0.05, 0.1) is 6.10 Å². The molecule has 0 aliphatic carbocycles. The smallest absolute Gasteiger partial charge is 0.0710 e. The number of halogens is 1. The highest BCUT2D eigenvalue weighted by Crippen LogP contribution is 2.34. The maximum absolute atomic E-state index is 10.4. The van der Waals surface area contributed by atoms with E-state index in [2.05, 4.69) is 13.0 Å². The molecule has 100 valence electrons. The Balaban J connectivity index is 2.03. The monoisotopic (exact) mass is 302 g/mol. The first-order valence-electron chi connectivity index (χ1n) is 6.24. The number of hydrogen-bond donors (Lipinski definition) is 1. The molecule has 1 fully saturated rings. The van der Waals surface area contributed by atoms with Gasteiger partial charge in [-0.15, -0.1) is 0 Å². The van der Waals surface area contributed by atoms with E-state index in [1.54, 1.807) is 0 Å². The van der Waals surface area contributed by atoms with Crippen molar-refractivity contribution in [2.24, 2.45) is 0 Å². The van der Waals surface area contributed by atoms with Crippen molar-refractivity contribution in [3.8, 4) is 0 Å². The molecular formula is C14H19ClOS2. The van der Waals surface area contributed by atoms with Crippen LogP contribution < -0.4 is 0 Å². The Morgan fingerprint density at radius 2 is 2.11 bits per heavy atom. The number of benzene rings is 1. The average Bonchev–Trinajstić information content (AvgIpc) is 2.33. The molecule has 1 aliphatic heterocycles. The summed E-state index contributed by atoms with van der Waals surface area (Å²) in [5.74, 6) is 2.33. The molecule has 0 saturated carbocycles. The van der Waals surface area contributed by atoms with Crippen LogP contribution in [0, 0.1) is 6.92 Å². The van der Waals surface area contributed by atoms with Crippen LogP contribution in [-0.2, 0) is 6.42 Å². The van der Waals surface area contributed by atoms with Crippen LogP contribution in [-0.4, -0.2) is 33.2 Å². The molecule has 0 amide bonds. The van der Waals surface area contributed by atoms with Crippen molar-refractivity contribution in [3.05, 3.63) is 34.3 Å². The van der Waals surface area contributed by atoms with Crippen molar-refractivity contribution < 1.29 is 5.11 Å². The first-order valence-corrected chi connectivity index (χ1v) is 8.72. The summed E-state index contributed by atoms with van der Waals surface area (Å²) in [6, 6.07) is 6.06. The van der Waals surface area contributed by atoms with E-state index in [-0.39, 0.29) is 6.10 Å². The van der Waals surface area contributed by atoms with Crippen LogP contribution in [0.3, 0.4) is 0 Å². The van der Waals surface area contributed by atoms with E-state index in [9.17, 15) is 5.11 Å². The van der Waals surface area contributed by atoms with Gasteiger partial charge in [0.15, 0.2) is 0 Å². The predicted molar refractivity (Wildman–Crippen MR) is 84.1 cm³/mol. The quantitative estimate of drug-likeness (QED) is 0.917. The number of aliphatic hydroxyl groups is 1. The zero-order valence-corrected chi connectivity index (χ0v) is 13.1. The van der Waals surface area contributed by atoms with Gasteiger partial charge in [0, 0.05) is 33.4 Å². The van der Waals surface area contributed by atoms with Crippen LogP contribution in [0.1, 0.15) is 18.1 Å². The fourth-order valence-electron chi connectivity index (χ4n) is 2.23. The van der Waals surface area contributed by atoms with Gasteiger partial charge in [0.1, 0.15) is 0 Å². The molecule has 0 radical (unpaired) electrons. The minimum atomic E-state index is -0.307. The SMILES string of the molecule is Cc1ccc(CC(O)C2SCCSC2C)c(Cl)c1. The second-order valence-electron chi connectivity index (χ2n) is 4.78. The van der Waals surface area contributed by atoms with Crippen LogP contribution >= 0.6 is 35.1 Å². The molecule has 1 aliphatic rings. The molecule has 0 spiro atoms. The van der Waals surface area contributed by atoms with Crippen LogP contribution in [0.4, 0.5) is 0 Å². The van der Waals surface area contributed by atoms with E-state index in [4.69, 9.17) is 11.6 Å². The third-order valence-corrected chi connectivity index (χ3v) is 6.84. The van der Waals surface area contributed by atoms with Crippen LogP contribution in [0.5, 0.6) is 0 Å². The van der Waals surface area contributed by atoms with Gasteiger partial charge >= 0.3 is 0 Å². The molecular weight excluding hydrogens is 284 g/mol. The van der Waals surface area contributed by atoms with Gasteiger partial charge in [0.25, 0.3) is 0 Å². The zero-order valence-electron chi connectivity index (χ0n) is 10.7. The highest BCUT2D eigenvalue weighted by Gasteiger charge is 2.29. The van der Waals surface area contributed by atoms with Gasteiger partial charge < -0.3 is 5.11 Å². The summed E-state index contributed by atoms with van der Waals surface area (Å²) in [6.45, 7) is 4.24. The van der Waals surface area contributed by atoms with E-state index in [0.29, 0.717) is 16.9 Å². The highest BCUT2D eigenvalue weighted by atomic mass is 35.5. The molecule has 1 aromatic rings. The number of aryl methyl sites for hydroxylation is 1. The summed E-state index contributed by atoms with van der Waals surface area (Å²) in [4.78, 5) is 0. The van der Waals surface area contributed by atoms with Gasteiger partial charge in [-0.05, 0) is 24.1 Å². The molecule has 18 heavy (non-hydrogen) atoms. The second-order valence-corrected chi connectivity index (χ2v) is 7.96. The summed E-state index contributed by atoms with van der Waals surface area (Å²) >= 11 is 10.1. The highest BCUT2D eigenvalue weighted by molar-refractivity contribution is 8.07. The van der Waals surface area contributed by atoms with E-state index >= 15 is 0 Å². The molecule has 3 unspecified atom stereocenters. The Morgan fingerprint density at radius 3 is 2.78 bits per heavy atom. The Hall–Kier alpha value is 0.170. The first kappa shape index (κ1) is 14.6. The number of aliphatic hydroxyl groups excluding tert-OH is 1. The lowest BCUT2D eigenvalue weighted by Crippen LogP contribution is -2.36. The number of hydrogen-bond acceptors (Lipinski definition) is 3. The Kier molecular flexibility index (Phi) is 5.31. The van der Waals surface area contributed by atoms with Gasteiger partial charge in [-0.2, -0.15) is 23.5 Å². The first-order chi connectivity index (χ1) is 8.58. The molecule has 1 aromatic carbocycles. The standard InChI is InChI=1S/C14H19ClOS2/c1-9-3-4-11(12(15)7-9)8-13(16)14-10(2)17-5-6-18-14/h3-4,7,10,13-14,16H,5-6,8H2,1-2H3. The van der Waals surface area contributed by atoms with Gasteiger partial charge in [-0.1, -0.05) is 30.7 Å². The van der Waals surface area contributed by atoms with Gasteiger partial charge in [-0.25, -0.2) is 0 Å². The third-order valence-electron chi connectivity index (χ3n) is 3.25. The van der Waals surface area contributed by atoms with Crippen molar-refractivity contribution in [1.82, 2.24) is 0 Å². The molecule has 1 nitrogen and oxygen atoms in total. The largest absolute Gasteiger partial charge is 0.392 e. The van der Waals surface area contributed by atoms with Gasteiger partial charge in [0.2, 0.25) is 0 Å². The fraction of sp³-hybridized carbons (Fsp3) is 0.571. The number of thioether (sulfide) groups is 2. The fourth-order valence-corrected chi connectivity index (χ4v) is 5.39. The lowest BCUT2D eigenvalue weighted by Gasteiger charge is -2.31. The summed E-state index contributed by atoms with van der Waals surface area (Å²) < 4.78 is 0. The van der Waals surface area contributed by atoms with E-state index in [0.717, 1.165) is 21.9 Å². The molecule has 1 heterocycles. The maximum atomic E-state index is 10.4. The minimum Gasteiger partial charge on any atom is -0.392 e. The van der Waals surface area contributed by atoms with E-state index in [1.165, 1.54) is 5.75 Å². The maximum Gasteiger partial charge on any atom is 0.0710 e. The number of rotatable bonds is 3. The molecule has 3 atom stereocenters. The Labute approximate surface area is 123 Å². The lowest BCUT2D eigenvalue weighted by molar-refractivity contribution is 0.171. The molecule has 1 N–H and O–H groups in total. The van der Waals surface area contributed by atoms with Gasteiger partial charge in [-0.3, -0.25) is 0 Å².